The molecule has 1 atom stereocenters. The largest absolute Gasteiger partial charge is 0.493 e. The number of benzene rings is 1. The summed E-state index contributed by atoms with van der Waals surface area (Å²) in [7, 11) is -1.72. The van der Waals surface area contributed by atoms with Crippen molar-refractivity contribution in [3.8, 4) is 5.75 Å². The van der Waals surface area contributed by atoms with Crippen LogP contribution in [0.2, 0.25) is 0 Å². The minimum Gasteiger partial charge on any atom is -0.493 e. The topological polar surface area (TPSA) is 77.5 Å². The summed E-state index contributed by atoms with van der Waals surface area (Å²) in [5, 5.41) is 0. The molecule has 0 spiro atoms. The first kappa shape index (κ1) is 16.3. The van der Waals surface area contributed by atoms with Crippen LogP contribution in [0.4, 0.5) is 0 Å². The molecule has 1 aromatic rings. The molecular formula is C11H15ClO5S2. The van der Waals surface area contributed by atoms with Gasteiger partial charge in [-0.05, 0) is 18.2 Å². The average molecular weight is 327 g/mol. The van der Waals surface area contributed by atoms with E-state index in [1.54, 1.807) is 19.1 Å². The molecule has 0 radical (unpaired) electrons. The van der Waals surface area contributed by atoms with E-state index in [-0.39, 0.29) is 23.2 Å². The maximum absolute atomic E-state index is 11.4. The zero-order chi connectivity index (χ0) is 14.7. The van der Waals surface area contributed by atoms with Crippen LogP contribution in [-0.2, 0) is 18.9 Å². The van der Waals surface area contributed by atoms with Gasteiger partial charge in [0.05, 0.1) is 17.3 Å². The van der Waals surface area contributed by atoms with Crippen LogP contribution in [0.15, 0.2) is 29.2 Å². The van der Waals surface area contributed by atoms with E-state index < -0.39 is 18.9 Å². The monoisotopic (exact) mass is 326 g/mol. The number of halogens is 1. The summed E-state index contributed by atoms with van der Waals surface area (Å²) in [6.07, 6.45) is 1.11. The Morgan fingerprint density at radius 1 is 1.26 bits per heavy atom. The molecule has 108 valence electrons. The fourth-order valence-electron chi connectivity index (χ4n) is 1.42. The van der Waals surface area contributed by atoms with Gasteiger partial charge in [-0.15, -0.1) is 0 Å². The number of hydrogen-bond donors (Lipinski definition) is 0. The Morgan fingerprint density at radius 2 is 1.89 bits per heavy atom. The van der Waals surface area contributed by atoms with Gasteiger partial charge in [-0.1, -0.05) is 13.0 Å². The molecule has 0 heterocycles. The molecule has 0 saturated carbocycles. The van der Waals surface area contributed by atoms with E-state index in [0.29, 0.717) is 5.75 Å². The lowest BCUT2D eigenvalue weighted by Crippen LogP contribution is -2.16. The first-order valence-electron chi connectivity index (χ1n) is 5.43. The lowest BCUT2D eigenvalue weighted by molar-refractivity contribution is 0.271. The van der Waals surface area contributed by atoms with Crippen molar-refractivity contribution in [2.75, 3.05) is 18.6 Å². The standard InChI is InChI=1S/C11H15ClO5S2/c1-9(8-19(12,15)16)7-17-10-4-3-5-11(6-10)18(2,13)14/h3-6,9H,7-8H2,1-2H3. The highest BCUT2D eigenvalue weighted by Gasteiger charge is 2.14. The number of ether oxygens (including phenoxy) is 1. The number of sulfone groups is 1. The van der Waals surface area contributed by atoms with E-state index in [4.69, 9.17) is 15.4 Å². The quantitative estimate of drug-likeness (QED) is 0.743. The van der Waals surface area contributed by atoms with Gasteiger partial charge in [0.2, 0.25) is 9.05 Å². The highest BCUT2D eigenvalue weighted by atomic mass is 35.7. The number of hydrogen-bond acceptors (Lipinski definition) is 5. The normalized spacial score (nSPS) is 14.1. The first-order valence-corrected chi connectivity index (χ1v) is 9.80. The Kier molecular flexibility index (Phi) is 5.23. The molecule has 0 aliphatic rings. The maximum Gasteiger partial charge on any atom is 0.232 e. The molecule has 0 saturated heterocycles. The van der Waals surface area contributed by atoms with Gasteiger partial charge in [-0.2, -0.15) is 0 Å². The van der Waals surface area contributed by atoms with Crippen molar-refractivity contribution < 1.29 is 21.6 Å². The van der Waals surface area contributed by atoms with Crippen molar-refractivity contribution >= 4 is 29.6 Å². The molecule has 0 bridgehead atoms. The van der Waals surface area contributed by atoms with Crippen molar-refractivity contribution in [3.05, 3.63) is 24.3 Å². The molecule has 19 heavy (non-hydrogen) atoms. The molecule has 5 nitrogen and oxygen atoms in total. The van der Waals surface area contributed by atoms with Crippen molar-refractivity contribution in [3.63, 3.8) is 0 Å². The Balaban J connectivity index is 2.69. The van der Waals surface area contributed by atoms with Crippen LogP contribution >= 0.6 is 10.7 Å². The fourth-order valence-corrected chi connectivity index (χ4v) is 3.50. The second kappa shape index (κ2) is 6.11. The van der Waals surface area contributed by atoms with Crippen molar-refractivity contribution in [1.29, 1.82) is 0 Å². The third-order valence-corrected chi connectivity index (χ3v) is 4.71. The van der Waals surface area contributed by atoms with Gasteiger partial charge in [-0.25, -0.2) is 16.8 Å². The number of rotatable bonds is 6. The van der Waals surface area contributed by atoms with Crippen molar-refractivity contribution in [1.82, 2.24) is 0 Å². The highest BCUT2D eigenvalue weighted by Crippen LogP contribution is 2.18. The van der Waals surface area contributed by atoms with Gasteiger partial charge >= 0.3 is 0 Å². The molecule has 0 fully saturated rings. The summed E-state index contributed by atoms with van der Waals surface area (Å²) in [5.74, 6) is -0.105. The van der Waals surface area contributed by atoms with E-state index in [1.165, 1.54) is 12.1 Å². The van der Waals surface area contributed by atoms with Gasteiger partial charge in [0.1, 0.15) is 5.75 Å². The van der Waals surface area contributed by atoms with Crippen LogP contribution in [0.5, 0.6) is 5.75 Å². The minimum atomic E-state index is -3.56. The summed E-state index contributed by atoms with van der Waals surface area (Å²) >= 11 is 0. The summed E-state index contributed by atoms with van der Waals surface area (Å²) in [5.41, 5.74) is 0. The van der Waals surface area contributed by atoms with E-state index >= 15 is 0 Å². The molecule has 1 unspecified atom stereocenters. The van der Waals surface area contributed by atoms with Crippen LogP contribution in [-0.4, -0.2) is 35.5 Å². The smallest absolute Gasteiger partial charge is 0.232 e. The van der Waals surface area contributed by atoms with Crippen molar-refractivity contribution in [2.24, 2.45) is 5.92 Å². The molecule has 0 aliphatic carbocycles. The van der Waals surface area contributed by atoms with Crippen LogP contribution in [0.3, 0.4) is 0 Å². The van der Waals surface area contributed by atoms with E-state index in [2.05, 4.69) is 0 Å². The van der Waals surface area contributed by atoms with Crippen LogP contribution < -0.4 is 4.74 Å². The summed E-state index contributed by atoms with van der Waals surface area (Å²) < 4.78 is 49.8. The predicted molar refractivity (Wildman–Crippen MR) is 73.9 cm³/mol. The Bertz CT molecular complexity index is 637. The predicted octanol–water partition coefficient (Wildman–Crippen LogP) is 1.67. The molecule has 1 aromatic carbocycles. The van der Waals surface area contributed by atoms with Crippen LogP contribution in [0.1, 0.15) is 6.92 Å². The Labute approximate surface area is 117 Å². The van der Waals surface area contributed by atoms with Gasteiger partial charge in [0.25, 0.3) is 0 Å². The van der Waals surface area contributed by atoms with Crippen LogP contribution in [0, 0.1) is 5.92 Å². The lowest BCUT2D eigenvalue weighted by atomic mass is 10.2. The molecular weight excluding hydrogens is 312 g/mol. The van der Waals surface area contributed by atoms with Crippen LogP contribution in [0.25, 0.3) is 0 Å². The average Bonchev–Trinajstić information content (AvgIpc) is 2.23. The summed E-state index contributed by atoms with van der Waals surface area (Å²) in [6.45, 7) is 1.82. The first-order chi connectivity index (χ1) is 8.58. The molecule has 0 N–H and O–H groups in total. The molecule has 0 aromatic heterocycles. The second-order valence-corrected chi connectivity index (χ2v) is 9.21. The fraction of sp³-hybridized carbons (Fsp3) is 0.455. The van der Waals surface area contributed by atoms with E-state index in [0.717, 1.165) is 6.26 Å². The van der Waals surface area contributed by atoms with E-state index in [9.17, 15) is 16.8 Å². The maximum atomic E-state index is 11.4. The van der Waals surface area contributed by atoms with Gasteiger partial charge in [0, 0.05) is 22.9 Å². The van der Waals surface area contributed by atoms with Crippen molar-refractivity contribution in [2.45, 2.75) is 11.8 Å². The SMILES string of the molecule is CC(COc1cccc(S(C)(=O)=O)c1)CS(=O)(=O)Cl. The van der Waals surface area contributed by atoms with Gasteiger partial charge in [-0.3, -0.25) is 0 Å². The zero-order valence-electron chi connectivity index (χ0n) is 10.5. The Morgan fingerprint density at radius 3 is 2.42 bits per heavy atom. The van der Waals surface area contributed by atoms with Gasteiger partial charge < -0.3 is 4.74 Å². The minimum absolute atomic E-state index is 0.138. The van der Waals surface area contributed by atoms with E-state index in [1.807, 2.05) is 0 Å². The highest BCUT2D eigenvalue weighted by molar-refractivity contribution is 8.13. The summed E-state index contributed by atoms with van der Waals surface area (Å²) in [4.78, 5) is 0.155. The third-order valence-electron chi connectivity index (χ3n) is 2.25. The van der Waals surface area contributed by atoms with Gasteiger partial charge in [0.15, 0.2) is 9.84 Å². The Hall–Kier alpha value is -0.790. The molecule has 0 aliphatic heterocycles. The molecule has 1 rings (SSSR count). The summed E-state index contributed by atoms with van der Waals surface area (Å²) in [6, 6.07) is 6.04. The molecule has 0 amide bonds. The second-order valence-electron chi connectivity index (χ2n) is 4.37. The zero-order valence-corrected chi connectivity index (χ0v) is 12.9. The third kappa shape index (κ3) is 6.26. The molecule has 8 heteroatoms. The lowest BCUT2D eigenvalue weighted by Gasteiger charge is -2.12.